The second-order valence-electron chi connectivity index (χ2n) is 4.30. The summed E-state index contributed by atoms with van der Waals surface area (Å²) < 4.78 is 8.69. The molecular formula is C14H18BrN3O. The summed E-state index contributed by atoms with van der Waals surface area (Å²) in [5, 5.41) is 7.62. The summed E-state index contributed by atoms with van der Waals surface area (Å²) in [6.45, 7) is 4.31. The van der Waals surface area contributed by atoms with Crippen molar-refractivity contribution in [2.24, 2.45) is 7.05 Å². The van der Waals surface area contributed by atoms with E-state index >= 15 is 0 Å². The number of nitrogens with zero attached hydrogens (tertiary/aromatic N) is 2. The number of benzene rings is 1. The van der Waals surface area contributed by atoms with Gasteiger partial charge in [0.2, 0.25) is 0 Å². The zero-order chi connectivity index (χ0) is 13.7. The fraction of sp³-hybridized carbons (Fsp3) is 0.357. The van der Waals surface area contributed by atoms with Gasteiger partial charge in [-0.2, -0.15) is 5.10 Å². The molecule has 0 saturated carbocycles. The first kappa shape index (κ1) is 14.1. The highest BCUT2D eigenvalue weighted by Gasteiger charge is 2.06. The Labute approximate surface area is 121 Å². The topological polar surface area (TPSA) is 39.1 Å². The zero-order valence-electron chi connectivity index (χ0n) is 11.2. The Morgan fingerprint density at radius 2 is 2.21 bits per heavy atom. The van der Waals surface area contributed by atoms with E-state index in [1.165, 1.54) is 0 Å². The average molecular weight is 324 g/mol. The molecule has 19 heavy (non-hydrogen) atoms. The fourth-order valence-corrected chi connectivity index (χ4v) is 2.19. The molecule has 1 heterocycles. The Kier molecular flexibility index (Phi) is 4.99. The number of hydrogen-bond donors (Lipinski definition) is 1. The molecule has 1 aromatic carbocycles. The Hall–Kier alpha value is -1.33. The number of halogens is 1. The molecule has 0 radical (unpaired) electrons. The van der Waals surface area contributed by atoms with Gasteiger partial charge in [-0.05, 0) is 30.8 Å². The Balaban J connectivity index is 2.05. The monoisotopic (exact) mass is 323 g/mol. The molecule has 2 aromatic rings. The summed E-state index contributed by atoms with van der Waals surface area (Å²) >= 11 is 3.49. The molecule has 102 valence electrons. The molecule has 0 aliphatic carbocycles. The first-order valence-electron chi connectivity index (χ1n) is 6.29. The molecule has 0 aliphatic heterocycles. The van der Waals surface area contributed by atoms with Crippen LogP contribution >= 0.6 is 15.9 Å². The maximum absolute atomic E-state index is 5.85. The zero-order valence-corrected chi connectivity index (χ0v) is 12.8. The molecule has 0 spiro atoms. The van der Waals surface area contributed by atoms with Gasteiger partial charge in [-0.3, -0.25) is 4.68 Å². The van der Waals surface area contributed by atoms with Gasteiger partial charge in [0.25, 0.3) is 0 Å². The molecule has 5 heteroatoms. The lowest BCUT2D eigenvalue weighted by Gasteiger charge is -2.11. The lowest BCUT2D eigenvalue weighted by atomic mass is 10.2. The van der Waals surface area contributed by atoms with Crippen molar-refractivity contribution in [2.75, 3.05) is 6.54 Å². The van der Waals surface area contributed by atoms with E-state index in [9.17, 15) is 0 Å². The van der Waals surface area contributed by atoms with E-state index in [1.54, 1.807) is 4.68 Å². The van der Waals surface area contributed by atoms with Crippen LogP contribution < -0.4 is 10.1 Å². The second-order valence-corrected chi connectivity index (χ2v) is 5.22. The summed E-state index contributed by atoms with van der Waals surface area (Å²) in [4.78, 5) is 0. The Morgan fingerprint density at radius 1 is 1.37 bits per heavy atom. The minimum Gasteiger partial charge on any atom is -0.487 e. The second kappa shape index (κ2) is 6.73. The van der Waals surface area contributed by atoms with Gasteiger partial charge in [0.15, 0.2) is 0 Å². The van der Waals surface area contributed by atoms with Crippen LogP contribution in [0.1, 0.15) is 18.2 Å². The summed E-state index contributed by atoms with van der Waals surface area (Å²) in [5.74, 6) is 0.898. The molecular weight excluding hydrogens is 306 g/mol. The highest BCUT2D eigenvalue weighted by atomic mass is 79.9. The van der Waals surface area contributed by atoms with E-state index in [0.29, 0.717) is 6.61 Å². The van der Waals surface area contributed by atoms with E-state index in [0.717, 1.165) is 34.6 Å². The van der Waals surface area contributed by atoms with Crippen LogP contribution in [0.5, 0.6) is 5.75 Å². The predicted molar refractivity (Wildman–Crippen MR) is 79.1 cm³/mol. The molecule has 1 aromatic heterocycles. The summed E-state index contributed by atoms with van der Waals surface area (Å²) in [7, 11) is 1.90. The normalized spacial score (nSPS) is 10.7. The smallest absolute Gasteiger partial charge is 0.132 e. The number of ether oxygens (including phenoxy) is 1. The molecule has 0 amide bonds. The van der Waals surface area contributed by atoms with Gasteiger partial charge in [0.1, 0.15) is 12.4 Å². The number of hydrogen-bond acceptors (Lipinski definition) is 3. The van der Waals surface area contributed by atoms with Gasteiger partial charge >= 0.3 is 0 Å². The van der Waals surface area contributed by atoms with E-state index < -0.39 is 0 Å². The summed E-state index contributed by atoms with van der Waals surface area (Å²) in [6.07, 6.45) is 1.92. The lowest BCUT2D eigenvalue weighted by Crippen LogP contribution is -2.13. The van der Waals surface area contributed by atoms with Gasteiger partial charge < -0.3 is 10.1 Å². The van der Waals surface area contributed by atoms with E-state index in [-0.39, 0.29) is 0 Å². The van der Waals surface area contributed by atoms with Gasteiger partial charge in [0, 0.05) is 29.8 Å². The Morgan fingerprint density at radius 3 is 2.89 bits per heavy atom. The molecule has 0 atom stereocenters. The van der Waals surface area contributed by atoms with Gasteiger partial charge in [0.05, 0.1) is 5.69 Å². The number of nitrogens with one attached hydrogen (secondary N) is 1. The molecule has 2 rings (SSSR count). The summed E-state index contributed by atoms with van der Waals surface area (Å²) in [6, 6.07) is 8.02. The molecule has 0 saturated heterocycles. The molecule has 0 aliphatic rings. The van der Waals surface area contributed by atoms with Gasteiger partial charge in [-0.15, -0.1) is 0 Å². The van der Waals surface area contributed by atoms with Gasteiger partial charge in [-0.1, -0.05) is 22.9 Å². The third-order valence-electron chi connectivity index (χ3n) is 2.73. The van der Waals surface area contributed by atoms with Crippen molar-refractivity contribution >= 4 is 15.9 Å². The van der Waals surface area contributed by atoms with Crippen LogP contribution in [0.25, 0.3) is 0 Å². The molecule has 0 unspecified atom stereocenters. The summed E-state index contributed by atoms with van der Waals surface area (Å²) in [5.41, 5.74) is 2.08. The van der Waals surface area contributed by atoms with Crippen molar-refractivity contribution < 1.29 is 4.74 Å². The standard InChI is InChI=1S/C14H18BrN3O/c1-3-16-9-11-8-12(15)4-5-14(11)19-10-13-6-7-18(2)17-13/h4-8,16H,3,9-10H2,1-2H3. The van der Waals surface area contributed by atoms with Gasteiger partial charge in [-0.25, -0.2) is 0 Å². The van der Waals surface area contributed by atoms with Crippen LogP contribution in [0.3, 0.4) is 0 Å². The number of aromatic nitrogens is 2. The SMILES string of the molecule is CCNCc1cc(Br)ccc1OCc1ccn(C)n1. The predicted octanol–water partition coefficient (Wildman–Crippen LogP) is 2.87. The first-order valence-corrected chi connectivity index (χ1v) is 7.09. The minimum atomic E-state index is 0.488. The van der Waals surface area contributed by atoms with Crippen LogP contribution in [0.15, 0.2) is 34.9 Å². The van der Waals surface area contributed by atoms with Crippen molar-refractivity contribution in [1.29, 1.82) is 0 Å². The maximum atomic E-state index is 5.85. The van der Waals surface area contributed by atoms with E-state index in [2.05, 4.69) is 39.3 Å². The van der Waals surface area contributed by atoms with Crippen molar-refractivity contribution in [2.45, 2.75) is 20.1 Å². The third kappa shape index (κ3) is 4.08. The van der Waals surface area contributed by atoms with Crippen molar-refractivity contribution in [3.8, 4) is 5.75 Å². The van der Waals surface area contributed by atoms with E-state index in [1.807, 2.05) is 31.4 Å². The number of rotatable bonds is 6. The molecule has 0 fully saturated rings. The molecule has 1 N–H and O–H groups in total. The molecule has 0 bridgehead atoms. The van der Waals surface area contributed by atoms with Crippen LogP contribution in [0.2, 0.25) is 0 Å². The van der Waals surface area contributed by atoms with Crippen LogP contribution in [-0.2, 0) is 20.2 Å². The van der Waals surface area contributed by atoms with E-state index in [4.69, 9.17) is 4.74 Å². The van der Waals surface area contributed by atoms with Crippen molar-refractivity contribution in [1.82, 2.24) is 15.1 Å². The van der Waals surface area contributed by atoms with Crippen LogP contribution in [-0.4, -0.2) is 16.3 Å². The Bertz CT molecular complexity index is 539. The minimum absolute atomic E-state index is 0.488. The van der Waals surface area contributed by atoms with Crippen LogP contribution in [0, 0.1) is 0 Å². The first-order chi connectivity index (χ1) is 9.19. The van der Waals surface area contributed by atoms with Crippen LogP contribution in [0.4, 0.5) is 0 Å². The number of aryl methyl sites for hydroxylation is 1. The molecule has 4 nitrogen and oxygen atoms in total. The highest BCUT2D eigenvalue weighted by Crippen LogP contribution is 2.24. The largest absolute Gasteiger partial charge is 0.487 e. The highest BCUT2D eigenvalue weighted by molar-refractivity contribution is 9.10. The average Bonchev–Trinajstić information content (AvgIpc) is 2.81. The fourth-order valence-electron chi connectivity index (χ4n) is 1.78. The third-order valence-corrected chi connectivity index (χ3v) is 3.23. The maximum Gasteiger partial charge on any atom is 0.132 e. The lowest BCUT2D eigenvalue weighted by molar-refractivity contribution is 0.296. The van der Waals surface area contributed by atoms with Crippen molar-refractivity contribution in [3.05, 3.63) is 46.2 Å². The quantitative estimate of drug-likeness (QED) is 0.888. The van der Waals surface area contributed by atoms with Crippen molar-refractivity contribution in [3.63, 3.8) is 0 Å².